The molecule has 0 amide bonds. The van der Waals surface area contributed by atoms with Gasteiger partial charge in [0, 0.05) is 38.0 Å². The monoisotopic (exact) mass is 236 g/mol. The average Bonchev–Trinajstić information content (AvgIpc) is 2.82. The molecule has 0 atom stereocenters. The summed E-state index contributed by atoms with van der Waals surface area (Å²) in [7, 11) is 1.71. The minimum Gasteiger partial charge on any atom is -0.383 e. The summed E-state index contributed by atoms with van der Waals surface area (Å²) in [6, 6.07) is 0. The number of hydrogen-bond donors (Lipinski definition) is 1. The number of methoxy groups -OCH3 is 1. The van der Waals surface area contributed by atoms with Gasteiger partial charge in [0.1, 0.15) is 12.1 Å². The zero-order chi connectivity index (χ0) is 12.1. The third-order valence-corrected chi connectivity index (χ3v) is 3.12. The van der Waals surface area contributed by atoms with E-state index >= 15 is 0 Å². The summed E-state index contributed by atoms with van der Waals surface area (Å²) in [5.41, 5.74) is 8.16. The molecule has 2 rings (SSSR count). The second kappa shape index (κ2) is 5.93. The summed E-state index contributed by atoms with van der Waals surface area (Å²) in [5, 5.41) is 0. The number of aromatic nitrogens is 2. The van der Waals surface area contributed by atoms with Crippen molar-refractivity contribution in [1.82, 2.24) is 9.97 Å². The topological polar surface area (TPSA) is 64.3 Å². The third-order valence-electron chi connectivity index (χ3n) is 3.12. The van der Waals surface area contributed by atoms with Crippen molar-refractivity contribution in [3.05, 3.63) is 17.6 Å². The number of nitrogens with zero attached hydrogens (tertiary/aromatic N) is 3. The van der Waals surface area contributed by atoms with Crippen LogP contribution in [0.1, 0.15) is 17.7 Å². The number of fused-ring (bicyclic) bond motifs is 1. The lowest BCUT2D eigenvalue weighted by atomic mass is 10.2. The van der Waals surface area contributed by atoms with Crippen molar-refractivity contribution in [2.24, 2.45) is 5.73 Å². The molecule has 1 aromatic heterocycles. The molecule has 5 heteroatoms. The van der Waals surface area contributed by atoms with Crippen LogP contribution in [0.25, 0.3) is 0 Å². The van der Waals surface area contributed by atoms with E-state index < -0.39 is 0 Å². The highest BCUT2D eigenvalue weighted by atomic mass is 16.5. The molecule has 1 aliphatic rings. The lowest BCUT2D eigenvalue weighted by Gasteiger charge is -2.24. The highest BCUT2D eigenvalue weighted by Crippen LogP contribution is 2.27. The van der Waals surface area contributed by atoms with E-state index in [9.17, 15) is 0 Å². The number of aryl methyl sites for hydroxylation is 1. The van der Waals surface area contributed by atoms with Crippen LogP contribution < -0.4 is 10.6 Å². The molecule has 1 aliphatic carbocycles. The van der Waals surface area contributed by atoms with Crippen LogP contribution in [-0.2, 0) is 17.6 Å². The molecule has 0 radical (unpaired) electrons. The van der Waals surface area contributed by atoms with Gasteiger partial charge in [0.05, 0.1) is 6.61 Å². The number of anilines is 1. The second-order valence-corrected chi connectivity index (χ2v) is 4.24. The summed E-state index contributed by atoms with van der Waals surface area (Å²) in [6.07, 6.45) is 5.00. The van der Waals surface area contributed by atoms with E-state index in [4.69, 9.17) is 10.5 Å². The molecular formula is C12H20N4O. The van der Waals surface area contributed by atoms with Crippen LogP contribution >= 0.6 is 0 Å². The van der Waals surface area contributed by atoms with Crippen molar-refractivity contribution < 1.29 is 4.74 Å². The number of hydrogen-bond acceptors (Lipinski definition) is 5. The Morgan fingerprint density at radius 1 is 1.35 bits per heavy atom. The van der Waals surface area contributed by atoms with Crippen molar-refractivity contribution in [1.29, 1.82) is 0 Å². The maximum atomic E-state index is 5.66. The summed E-state index contributed by atoms with van der Waals surface area (Å²) < 4.78 is 5.13. The van der Waals surface area contributed by atoms with Crippen LogP contribution in [0.3, 0.4) is 0 Å². The smallest absolute Gasteiger partial charge is 0.135 e. The van der Waals surface area contributed by atoms with Gasteiger partial charge in [-0.2, -0.15) is 0 Å². The fourth-order valence-electron chi connectivity index (χ4n) is 2.30. The maximum absolute atomic E-state index is 5.66. The lowest BCUT2D eigenvalue weighted by molar-refractivity contribution is 0.205. The Balaban J connectivity index is 2.20. The van der Waals surface area contributed by atoms with Crippen LogP contribution in [0.2, 0.25) is 0 Å². The first-order chi connectivity index (χ1) is 8.36. The Kier molecular flexibility index (Phi) is 4.28. The third kappa shape index (κ3) is 2.73. The Bertz CT molecular complexity index is 370. The molecule has 0 aliphatic heterocycles. The molecule has 0 saturated heterocycles. The van der Waals surface area contributed by atoms with Crippen LogP contribution in [0.5, 0.6) is 0 Å². The summed E-state index contributed by atoms with van der Waals surface area (Å²) in [6.45, 7) is 2.96. The first-order valence-electron chi connectivity index (χ1n) is 6.13. The van der Waals surface area contributed by atoms with E-state index in [1.54, 1.807) is 13.4 Å². The standard InChI is InChI=1S/C12H20N4O/c1-17-8-7-16(6-5-13)12-10-3-2-4-11(10)14-9-15-12/h9H,2-8,13H2,1H3. The van der Waals surface area contributed by atoms with Crippen molar-refractivity contribution in [2.75, 3.05) is 38.3 Å². The second-order valence-electron chi connectivity index (χ2n) is 4.24. The average molecular weight is 236 g/mol. The van der Waals surface area contributed by atoms with E-state index in [2.05, 4.69) is 14.9 Å². The Labute approximate surface area is 102 Å². The molecule has 94 valence electrons. The van der Waals surface area contributed by atoms with Crippen molar-refractivity contribution in [2.45, 2.75) is 19.3 Å². The van der Waals surface area contributed by atoms with E-state index in [0.29, 0.717) is 13.2 Å². The van der Waals surface area contributed by atoms with Crippen LogP contribution in [0, 0.1) is 0 Å². The quantitative estimate of drug-likeness (QED) is 0.773. The molecule has 0 aromatic carbocycles. The Hall–Kier alpha value is -1.20. The summed E-state index contributed by atoms with van der Waals surface area (Å²) >= 11 is 0. The molecule has 0 spiro atoms. The number of ether oxygens (including phenoxy) is 1. The number of rotatable bonds is 6. The molecule has 1 aromatic rings. The number of nitrogens with two attached hydrogens (primary N) is 1. The summed E-state index contributed by atoms with van der Waals surface area (Å²) in [5.74, 6) is 1.05. The highest BCUT2D eigenvalue weighted by molar-refractivity contribution is 5.50. The van der Waals surface area contributed by atoms with E-state index in [1.807, 2.05) is 0 Å². The van der Waals surface area contributed by atoms with Crippen molar-refractivity contribution >= 4 is 5.82 Å². The fraction of sp³-hybridized carbons (Fsp3) is 0.667. The zero-order valence-corrected chi connectivity index (χ0v) is 10.4. The van der Waals surface area contributed by atoms with Crippen LogP contribution in [0.15, 0.2) is 6.33 Å². The largest absolute Gasteiger partial charge is 0.383 e. The predicted octanol–water partition coefficient (Wildman–Crippen LogP) is 0.377. The van der Waals surface area contributed by atoms with E-state index in [-0.39, 0.29) is 0 Å². The molecule has 17 heavy (non-hydrogen) atoms. The molecule has 5 nitrogen and oxygen atoms in total. The molecule has 0 bridgehead atoms. The molecule has 0 fully saturated rings. The minimum absolute atomic E-state index is 0.627. The molecule has 0 unspecified atom stereocenters. The van der Waals surface area contributed by atoms with Gasteiger partial charge in [-0.1, -0.05) is 0 Å². The van der Waals surface area contributed by atoms with Gasteiger partial charge in [0.2, 0.25) is 0 Å². The van der Waals surface area contributed by atoms with Crippen molar-refractivity contribution in [3.8, 4) is 0 Å². The van der Waals surface area contributed by atoms with Gasteiger partial charge in [-0.05, 0) is 19.3 Å². The lowest BCUT2D eigenvalue weighted by Crippen LogP contribution is -2.33. The van der Waals surface area contributed by atoms with Crippen molar-refractivity contribution in [3.63, 3.8) is 0 Å². The van der Waals surface area contributed by atoms with Gasteiger partial charge in [-0.3, -0.25) is 0 Å². The Morgan fingerprint density at radius 2 is 2.24 bits per heavy atom. The predicted molar refractivity (Wildman–Crippen MR) is 67.2 cm³/mol. The maximum Gasteiger partial charge on any atom is 0.135 e. The van der Waals surface area contributed by atoms with Gasteiger partial charge in [0.25, 0.3) is 0 Å². The van der Waals surface area contributed by atoms with Crippen LogP contribution in [0.4, 0.5) is 5.82 Å². The van der Waals surface area contributed by atoms with Gasteiger partial charge in [-0.15, -0.1) is 0 Å². The van der Waals surface area contributed by atoms with E-state index in [0.717, 1.165) is 31.7 Å². The fourth-order valence-corrected chi connectivity index (χ4v) is 2.30. The van der Waals surface area contributed by atoms with Gasteiger partial charge >= 0.3 is 0 Å². The van der Waals surface area contributed by atoms with Gasteiger partial charge in [-0.25, -0.2) is 9.97 Å². The molecule has 0 saturated carbocycles. The highest BCUT2D eigenvalue weighted by Gasteiger charge is 2.20. The van der Waals surface area contributed by atoms with Gasteiger partial charge < -0.3 is 15.4 Å². The first kappa shape index (κ1) is 12.3. The summed E-state index contributed by atoms with van der Waals surface area (Å²) in [4.78, 5) is 11.0. The molecule has 1 heterocycles. The SMILES string of the molecule is COCCN(CCN)c1ncnc2c1CCC2. The Morgan fingerprint density at radius 3 is 3.00 bits per heavy atom. The minimum atomic E-state index is 0.627. The first-order valence-corrected chi connectivity index (χ1v) is 6.13. The van der Waals surface area contributed by atoms with Crippen LogP contribution in [-0.4, -0.2) is 43.3 Å². The van der Waals surface area contributed by atoms with Gasteiger partial charge in [0.15, 0.2) is 0 Å². The normalized spacial score (nSPS) is 13.8. The molecule has 2 N–H and O–H groups in total. The molecular weight excluding hydrogens is 216 g/mol. The zero-order valence-electron chi connectivity index (χ0n) is 10.4. The van der Waals surface area contributed by atoms with E-state index in [1.165, 1.54) is 17.7 Å².